The number of carbonyl (C=O) groups excluding carboxylic acids is 1. The number of pyridine rings is 1. The molecule has 0 atom stereocenters. The molecule has 8 heteroatoms. The molecule has 0 aliphatic heterocycles. The summed E-state index contributed by atoms with van der Waals surface area (Å²) in [5, 5.41) is 2.09. The van der Waals surface area contributed by atoms with Gasteiger partial charge in [-0.3, -0.25) is 9.59 Å². The van der Waals surface area contributed by atoms with Gasteiger partial charge >= 0.3 is 0 Å². The molecule has 0 fully saturated rings. The van der Waals surface area contributed by atoms with E-state index >= 15 is 0 Å². The molecule has 25 heavy (non-hydrogen) atoms. The molecular weight excluding hydrogens is 340 g/mol. The summed E-state index contributed by atoms with van der Waals surface area (Å²) in [6.07, 6.45) is 0. The van der Waals surface area contributed by atoms with Gasteiger partial charge in [0, 0.05) is 12.1 Å². The SMILES string of the molecule is CC(=O)c1c(Nc2ccc(F)cc2F)[nH]c2c(F)cc(F)cc2c1=O. The van der Waals surface area contributed by atoms with E-state index in [0.717, 1.165) is 25.1 Å². The fourth-order valence-electron chi connectivity index (χ4n) is 2.47. The number of halogens is 4. The monoisotopic (exact) mass is 350 g/mol. The smallest absolute Gasteiger partial charge is 0.202 e. The van der Waals surface area contributed by atoms with E-state index in [0.29, 0.717) is 12.1 Å². The Labute approximate surface area is 138 Å². The number of carbonyl (C=O) groups is 1. The van der Waals surface area contributed by atoms with E-state index in [9.17, 15) is 27.2 Å². The van der Waals surface area contributed by atoms with Crippen LogP contribution in [-0.2, 0) is 0 Å². The van der Waals surface area contributed by atoms with Gasteiger partial charge in [-0.15, -0.1) is 0 Å². The summed E-state index contributed by atoms with van der Waals surface area (Å²) in [6, 6.07) is 3.98. The number of ketones is 1. The Hall–Kier alpha value is -3.16. The van der Waals surface area contributed by atoms with Gasteiger partial charge in [-0.05, 0) is 25.1 Å². The van der Waals surface area contributed by atoms with Crippen molar-refractivity contribution in [1.29, 1.82) is 0 Å². The number of aromatic nitrogens is 1. The van der Waals surface area contributed by atoms with Crippen molar-refractivity contribution in [2.75, 3.05) is 5.32 Å². The summed E-state index contributed by atoms with van der Waals surface area (Å²) in [5.74, 6) is -4.79. The average Bonchev–Trinajstić information content (AvgIpc) is 2.51. The van der Waals surface area contributed by atoms with Gasteiger partial charge in [0.2, 0.25) is 5.43 Å². The summed E-state index contributed by atoms with van der Waals surface area (Å²) in [7, 11) is 0. The Morgan fingerprint density at radius 2 is 1.68 bits per heavy atom. The lowest BCUT2D eigenvalue weighted by molar-refractivity contribution is 0.101. The van der Waals surface area contributed by atoms with Crippen molar-refractivity contribution in [1.82, 2.24) is 4.98 Å². The van der Waals surface area contributed by atoms with Crippen LogP contribution in [0.3, 0.4) is 0 Å². The maximum atomic E-state index is 14.0. The molecule has 0 amide bonds. The largest absolute Gasteiger partial charge is 0.339 e. The summed E-state index contributed by atoms with van der Waals surface area (Å²) in [6.45, 7) is 1.08. The highest BCUT2D eigenvalue weighted by Gasteiger charge is 2.19. The first kappa shape index (κ1) is 16.7. The molecule has 0 bridgehead atoms. The number of hydrogen-bond acceptors (Lipinski definition) is 3. The van der Waals surface area contributed by atoms with Crippen LogP contribution in [0.1, 0.15) is 17.3 Å². The molecule has 3 aromatic rings. The zero-order valence-corrected chi connectivity index (χ0v) is 12.7. The van der Waals surface area contributed by atoms with Gasteiger partial charge in [-0.1, -0.05) is 0 Å². The van der Waals surface area contributed by atoms with E-state index < -0.39 is 40.0 Å². The fourth-order valence-corrected chi connectivity index (χ4v) is 2.47. The van der Waals surface area contributed by atoms with Crippen LogP contribution >= 0.6 is 0 Å². The lowest BCUT2D eigenvalue weighted by atomic mass is 10.1. The van der Waals surface area contributed by atoms with Crippen LogP contribution in [0.4, 0.5) is 29.1 Å². The number of nitrogens with one attached hydrogen (secondary N) is 2. The number of fused-ring (bicyclic) bond motifs is 1. The molecule has 0 unspecified atom stereocenters. The lowest BCUT2D eigenvalue weighted by Gasteiger charge is -2.13. The molecule has 2 aromatic carbocycles. The van der Waals surface area contributed by atoms with E-state index in [4.69, 9.17) is 0 Å². The zero-order valence-electron chi connectivity index (χ0n) is 12.7. The van der Waals surface area contributed by atoms with Gasteiger partial charge in [0.25, 0.3) is 0 Å². The Balaban J connectivity index is 2.28. The van der Waals surface area contributed by atoms with Crippen LogP contribution in [0.2, 0.25) is 0 Å². The third kappa shape index (κ3) is 2.98. The number of hydrogen-bond donors (Lipinski definition) is 2. The molecule has 1 heterocycles. The number of anilines is 2. The topological polar surface area (TPSA) is 62.0 Å². The van der Waals surface area contributed by atoms with Gasteiger partial charge in [0.1, 0.15) is 34.7 Å². The Morgan fingerprint density at radius 1 is 1.00 bits per heavy atom. The molecule has 0 aliphatic rings. The average molecular weight is 350 g/mol. The second-order valence-electron chi connectivity index (χ2n) is 5.32. The maximum absolute atomic E-state index is 14.0. The van der Waals surface area contributed by atoms with E-state index in [1.54, 1.807) is 0 Å². The molecule has 4 nitrogen and oxygen atoms in total. The molecule has 1 aromatic heterocycles. The summed E-state index contributed by atoms with van der Waals surface area (Å²) in [4.78, 5) is 26.8. The second-order valence-corrected chi connectivity index (χ2v) is 5.32. The first-order chi connectivity index (χ1) is 11.8. The second kappa shape index (κ2) is 6.04. The fraction of sp³-hybridized carbons (Fsp3) is 0.0588. The van der Waals surface area contributed by atoms with Crippen molar-refractivity contribution < 1.29 is 22.4 Å². The van der Waals surface area contributed by atoms with Crippen LogP contribution in [0.15, 0.2) is 35.1 Å². The Kier molecular flexibility index (Phi) is 4.03. The minimum atomic E-state index is -1.05. The molecule has 0 saturated carbocycles. The molecule has 128 valence electrons. The Bertz CT molecular complexity index is 1080. The normalized spacial score (nSPS) is 10.9. The van der Waals surface area contributed by atoms with Crippen LogP contribution in [0.5, 0.6) is 0 Å². The number of rotatable bonds is 3. The first-order valence-corrected chi connectivity index (χ1v) is 7.06. The van der Waals surface area contributed by atoms with Gasteiger partial charge in [-0.25, -0.2) is 17.6 Å². The van der Waals surface area contributed by atoms with Crippen molar-refractivity contribution in [2.45, 2.75) is 6.92 Å². The van der Waals surface area contributed by atoms with E-state index in [1.165, 1.54) is 0 Å². The first-order valence-electron chi connectivity index (χ1n) is 7.06. The predicted molar refractivity (Wildman–Crippen MR) is 84.1 cm³/mol. The van der Waals surface area contributed by atoms with Gasteiger partial charge in [0.15, 0.2) is 5.78 Å². The van der Waals surface area contributed by atoms with Crippen molar-refractivity contribution in [3.63, 3.8) is 0 Å². The van der Waals surface area contributed by atoms with Gasteiger partial charge in [0.05, 0.1) is 16.6 Å². The highest BCUT2D eigenvalue weighted by atomic mass is 19.1. The third-order valence-electron chi connectivity index (χ3n) is 3.57. The summed E-state index contributed by atoms with van der Waals surface area (Å²) in [5.41, 5.74) is -1.92. The third-order valence-corrected chi connectivity index (χ3v) is 3.57. The van der Waals surface area contributed by atoms with Crippen LogP contribution < -0.4 is 10.7 Å². The van der Waals surface area contributed by atoms with Crippen LogP contribution in [-0.4, -0.2) is 10.8 Å². The molecular formula is C17H10F4N2O2. The molecule has 3 rings (SSSR count). The molecule has 2 N–H and O–H groups in total. The summed E-state index contributed by atoms with van der Waals surface area (Å²) < 4.78 is 54.1. The van der Waals surface area contributed by atoms with Crippen LogP contribution in [0.25, 0.3) is 10.9 Å². The van der Waals surface area contributed by atoms with Crippen molar-refractivity contribution in [3.8, 4) is 0 Å². The minimum Gasteiger partial charge on any atom is -0.339 e. The minimum absolute atomic E-state index is 0.235. The lowest BCUT2D eigenvalue weighted by Crippen LogP contribution is -2.18. The number of H-pyrrole nitrogens is 1. The molecule has 0 saturated heterocycles. The molecule has 0 spiro atoms. The zero-order chi connectivity index (χ0) is 18.3. The van der Waals surface area contributed by atoms with E-state index in [1.807, 2.05) is 0 Å². The standard InChI is InChI=1S/C17H10F4N2O2/c1-7(24)14-16(25)10-4-9(19)6-12(21)15(10)23-17(14)22-13-3-2-8(18)5-11(13)20/h2-6H,1H3,(H2,22,23,25). The van der Waals surface area contributed by atoms with Gasteiger partial charge in [-0.2, -0.15) is 0 Å². The van der Waals surface area contributed by atoms with Crippen molar-refractivity contribution in [2.24, 2.45) is 0 Å². The van der Waals surface area contributed by atoms with Crippen molar-refractivity contribution in [3.05, 3.63) is 69.4 Å². The summed E-state index contributed by atoms with van der Waals surface area (Å²) >= 11 is 0. The number of aromatic amines is 1. The highest BCUT2D eigenvalue weighted by molar-refractivity contribution is 6.02. The van der Waals surface area contributed by atoms with E-state index in [-0.39, 0.29) is 22.4 Å². The quantitative estimate of drug-likeness (QED) is 0.554. The predicted octanol–water partition coefficient (Wildman–Crippen LogP) is 4.03. The number of Topliss-reactive ketones (excluding diaryl/α,β-unsaturated/α-hetero) is 1. The number of benzene rings is 2. The Morgan fingerprint density at radius 3 is 2.32 bits per heavy atom. The molecule has 0 aliphatic carbocycles. The highest BCUT2D eigenvalue weighted by Crippen LogP contribution is 2.24. The molecule has 0 radical (unpaired) electrons. The van der Waals surface area contributed by atoms with Crippen LogP contribution in [0, 0.1) is 23.3 Å². The van der Waals surface area contributed by atoms with E-state index in [2.05, 4.69) is 10.3 Å². The maximum Gasteiger partial charge on any atom is 0.202 e. The van der Waals surface area contributed by atoms with Gasteiger partial charge < -0.3 is 10.3 Å². The van der Waals surface area contributed by atoms with Crippen molar-refractivity contribution >= 4 is 28.2 Å².